The first-order valence-electron chi connectivity index (χ1n) is 11.3. The zero-order valence-electron chi connectivity index (χ0n) is 16.4. The Morgan fingerprint density at radius 1 is 0.583 bits per heavy atom. The van der Waals surface area contributed by atoms with Gasteiger partial charge in [-0.1, -0.05) is 46.0 Å². The van der Waals surface area contributed by atoms with Gasteiger partial charge in [0, 0.05) is 13.1 Å². The van der Waals surface area contributed by atoms with Crippen LogP contribution < -0.4 is 10.6 Å². The van der Waals surface area contributed by atoms with Gasteiger partial charge in [-0.3, -0.25) is 0 Å². The fourth-order valence-corrected chi connectivity index (χ4v) is 5.98. The van der Waals surface area contributed by atoms with Gasteiger partial charge in [-0.25, -0.2) is 0 Å². The molecule has 0 amide bonds. The van der Waals surface area contributed by atoms with Crippen molar-refractivity contribution in [3.63, 3.8) is 0 Å². The topological polar surface area (TPSA) is 24.1 Å². The van der Waals surface area contributed by atoms with Gasteiger partial charge in [-0.05, 0) is 74.5 Å². The Morgan fingerprint density at radius 2 is 1.04 bits per heavy atom. The van der Waals surface area contributed by atoms with Crippen LogP contribution in [0, 0.1) is 29.6 Å². The van der Waals surface area contributed by atoms with Crippen molar-refractivity contribution in [2.24, 2.45) is 29.6 Å². The van der Waals surface area contributed by atoms with Crippen LogP contribution in [0.1, 0.15) is 90.9 Å². The number of rotatable bonds is 6. The Hall–Kier alpha value is -0.0800. The van der Waals surface area contributed by atoms with E-state index in [4.69, 9.17) is 0 Å². The summed E-state index contributed by atoms with van der Waals surface area (Å²) in [4.78, 5) is 0. The first-order valence-corrected chi connectivity index (χ1v) is 11.3. The quantitative estimate of drug-likeness (QED) is 0.685. The van der Waals surface area contributed by atoms with Gasteiger partial charge in [-0.15, -0.1) is 0 Å². The van der Waals surface area contributed by atoms with Crippen molar-refractivity contribution in [1.29, 1.82) is 0 Å². The van der Waals surface area contributed by atoms with E-state index >= 15 is 0 Å². The second kappa shape index (κ2) is 9.57. The average Bonchev–Trinajstić information content (AvgIpc) is 2.64. The summed E-state index contributed by atoms with van der Waals surface area (Å²) in [6, 6.07) is 0. The van der Waals surface area contributed by atoms with E-state index in [0.29, 0.717) is 6.17 Å². The van der Waals surface area contributed by atoms with Crippen LogP contribution in [0.5, 0.6) is 0 Å². The highest BCUT2D eigenvalue weighted by molar-refractivity contribution is 4.88. The minimum Gasteiger partial charge on any atom is -0.301 e. The number of hydrogen-bond donors (Lipinski definition) is 2. The third-order valence-corrected chi connectivity index (χ3v) is 7.49. The number of hydrogen-bond acceptors (Lipinski definition) is 2. The lowest BCUT2D eigenvalue weighted by Gasteiger charge is -2.42. The molecule has 0 aromatic heterocycles. The highest BCUT2D eigenvalue weighted by atomic mass is 15.2. The first-order chi connectivity index (χ1) is 11.8. The van der Waals surface area contributed by atoms with E-state index in [1.54, 1.807) is 12.8 Å². The lowest BCUT2D eigenvalue weighted by molar-refractivity contribution is 0.113. The molecule has 2 N–H and O–H groups in total. The summed E-state index contributed by atoms with van der Waals surface area (Å²) in [5.41, 5.74) is 0. The van der Waals surface area contributed by atoms with Gasteiger partial charge >= 0.3 is 0 Å². The third-order valence-electron chi connectivity index (χ3n) is 7.49. The zero-order valence-corrected chi connectivity index (χ0v) is 16.4. The minimum atomic E-state index is 0.611. The van der Waals surface area contributed by atoms with Gasteiger partial charge in [0.2, 0.25) is 0 Å². The molecule has 2 heteroatoms. The molecule has 2 aliphatic carbocycles. The Balaban J connectivity index is 1.36. The van der Waals surface area contributed by atoms with Gasteiger partial charge in [0.15, 0.2) is 0 Å². The van der Waals surface area contributed by atoms with Crippen molar-refractivity contribution in [1.82, 2.24) is 10.6 Å². The second-order valence-corrected chi connectivity index (χ2v) is 9.19. The van der Waals surface area contributed by atoms with Crippen molar-refractivity contribution >= 4 is 0 Å². The minimum absolute atomic E-state index is 0.611. The molecule has 0 bridgehead atoms. The molecule has 1 heterocycles. The molecule has 2 saturated carbocycles. The molecule has 0 unspecified atom stereocenters. The zero-order chi connectivity index (χ0) is 16.8. The van der Waals surface area contributed by atoms with Crippen molar-refractivity contribution in [2.75, 3.05) is 13.1 Å². The van der Waals surface area contributed by atoms with E-state index in [-0.39, 0.29) is 0 Å². The van der Waals surface area contributed by atoms with Crippen molar-refractivity contribution in [3.05, 3.63) is 0 Å². The fraction of sp³-hybridized carbons (Fsp3) is 1.00. The number of nitrogens with one attached hydrogen (secondary N) is 2. The Kier molecular flexibility index (Phi) is 7.46. The van der Waals surface area contributed by atoms with Crippen LogP contribution in [0.4, 0.5) is 0 Å². The highest BCUT2D eigenvalue weighted by Gasteiger charge is 2.34. The summed E-state index contributed by atoms with van der Waals surface area (Å²) in [6.07, 6.45) is 18.3. The Bertz CT molecular complexity index is 298. The van der Waals surface area contributed by atoms with Gasteiger partial charge < -0.3 is 10.6 Å². The molecule has 140 valence electrons. The molecule has 0 radical (unpaired) electrons. The maximum atomic E-state index is 3.83. The van der Waals surface area contributed by atoms with E-state index < -0.39 is 0 Å². The van der Waals surface area contributed by atoms with Crippen molar-refractivity contribution in [2.45, 2.75) is 97.1 Å². The van der Waals surface area contributed by atoms with Crippen LogP contribution in [0.25, 0.3) is 0 Å². The van der Waals surface area contributed by atoms with Crippen LogP contribution in [0.15, 0.2) is 0 Å². The maximum absolute atomic E-state index is 3.83. The average molecular weight is 335 g/mol. The molecule has 3 aliphatic rings. The van der Waals surface area contributed by atoms with Gasteiger partial charge in [0.25, 0.3) is 0 Å². The molecule has 0 aromatic carbocycles. The third kappa shape index (κ3) is 4.97. The molecule has 1 saturated heterocycles. The van der Waals surface area contributed by atoms with Gasteiger partial charge in [-0.2, -0.15) is 0 Å². The van der Waals surface area contributed by atoms with Crippen LogP contribution in [-0.4, -0.2) is 19.3 Å². The van der Waals surface area contributed by atoms with Crippen molar-refractivity contribution in [3.8, 4) is 0 Å². The maximum Gasteiger partial charge on any atom is 0.0600 e. The van der Waals surface area contributed by atoms with Crippen LogP contribution in [0.3, 0.4) is 0 Å². The summed E-state index contributed by atoms with van der Waals surface area (Å²) in [5.74, 6) is 4.94. The molecule has 1 aliphatic heterocycles. The van der Waals surface area contributed by atoms with Crippen LogP contribution in [0.2, 0.25) is 0 Å². The lowest BCUT2D eigenvalue weighted by Crippen LogP contribution is -2.56. The lowest BCUT2D eigenvalue weighted by atomic mass is 9.68. The molecule has 3 fully saturated rings. The smallest absolute Gasteiger partial charge is 0.0600 e. The molecule has 3 rings (SSSR count). The SMILES string of the molecule is CCCC1CCC(C2CCC(C3NCC(CCC)CN3)CC2)CC1. The largest absolute Gasteiger partial charge is 0.301 e. The molecule has 0 atom stereocenters. The van der Waals surface area contributed by atoms with E-state index in [9.17, 15) is 0 Å². The Morgan fingerprint density at radius 3 is 1.58 bits per heavy atom. The van der Waals surface area contributed by atoms with Gasteiger partial charge in [0.05, 0.1) is 6.17 Å². The van der Waals surface area contributed by atoms with E-state index in [0.717, 1.165) is 29.6 Å². The predicted molar refractivity (Wildman–Crippen MR) is 104 cm³/mol. The van der Waals surface area contributed by atoms with E-state index in [1.165, 1.54) is 77.3 Å². The first kappa shape index (κ1) is 18.7. The summed E-state index contributed by atoms with van der Waals surface area (Å²) in [5, 5.41) is 7.65. The molecule has 24 heavy (non-hydrogen) atoms. The van der Waals surface area contributed by atoms with Crippen LogP contribution >= 0.6 is 0 Å². The fourth-order valence-electron chi connectivity index (χ4n) is 5.98. The van der Waals surface area contributed by atoms with E-state index in [2.05, 4.69) is 24.5 Å². The molecular formula is C22H42N2. The summed E-state index contributed by atoms with van der Waals surface area (Å²) >= 11 is 0. The highest BCUT2D eigenvalue weighted by Crippen LogP contribution is 2.42. The normalized spacial score (nSPS) is 41.2. The standard InChI is InChI=1S/C22H42N2/c1-3-5-17-7-9-19(10-8-17)20-11-13-21(14-12-20)22-23-15-18(6-4-2)16-24-22/h17-24H,3-16H2,1-2H3. The summed E-state index contributed by atoms with van der Waals surface area (Å²) in [7, 11) is 0. The predicted octanol–water partition coefficient (Wildman–Crippen LogP) is 5.33. The van der Waals surface area contributed by atoms with Crippen molar-refractivity contribution < 1.29 is 0 Å². The summed E-state index contributed by atoms with van der Waals surface area (Å²) < 4.78 is 0. The molecular weight excluding hydrogens is 292 g/mol. The second-order valence-electron chi connectivity index (χ2n) is 9.19. The molecule has 0 spiro atoms. The monoisotopic (exact) mass is 334 g/mol. The summed E-state index contributed by atoms with van der Waals surface area (Å²) in [6.45, 7) is 7.15. The van der Waals surface area contributed by atoms with Gasteiger partial charge in [0.1, 0.15) is 0 Å². The van der Waals surface area contributed by atoms with E-state index in [1.807, 2.05) is 0 Å². The van der Waals surface area contributed by atoms with Crippen LogP contribution in [-0.2, 0) is 0 Å². The molecule has 2 nitrogen and oxygen atoms in total. The molecule has 0 aromatic rings. The Labute approximate surface area is 150 Å².